The van der Waals surface area contributed by atoms with Crippen molar-refractivity contribution in [2.24, 2.45) is 0 Å². The Hall–Kier alpha value is 1.14. The molecule has 1 N–H and O–H groups in total. The summed E-state index contributed by atoms with van der Waals surface area (Å²) in [5.74, 6) is -4.00. The first-order valence-electron chi connectivity index (χ1n) is 3.47. The number of carboxylic acids is 1. The van der Waals surface area contributed by atoms with Gasteiger partial charge in [-0.3, -0.25) is 0 Å². The fraction of sp³-hybridized carbons (Fsp3) is 0.500. The van der Waals surface area contributed by atoms with Crippen LogP contribution in [0.25, 0.3) is 0 Å². The fourth-order valence-electron chi connectivity index (χ4n) is 0.754. The van der Waals surface area contributed by atoms with Gasteiger partial charge < -0.3 is 0 Å². The predicted molar refractivity (Wildman–Crippen MR) is 37.2 cm³/mol. The molecular formula is C6H5Au2ClNaO7. The van der Waals surface area contributed by atoms with Gasteiger partial charge in [0, 0.05) is 0 Å². The average molecular weight is 641 g/mol. The molecule has 0 fully saturated rings. The van der Waals surface area contributed by atoms with E-state index in [2.05, 4.69) is 6.49 Å². The Labute approximate surface area is 145 Å². The second-order valence-electron chi connectivity index (χ2n) is 2.59. The fourth-order valence-corrected chi connectivity index (χ4v) is 1.68. The zero-order valence-electron chi connectivity index (χ0n) is 8.29. The molecule has 0 radical (unpaired) electrons. The molecule has 0 bridgehead atoms. The van der Waals surface area contributed by atoms with Crippen LogP contribution in [0.5, 0.6) is 0 Å². The van der Waals surface area contributed by atoms with Gasteiger partial charge in [0.25, 0.3) is 0 Å². The summed E-state index contributed by atoms with van der Waals surface area (Å²) in [6.07, 6.45) is -1.85. The molecule has 0 saturated heterocycles. The number of carboxylic acid groups (broad SMARTS) is 1. The summed E-state index contributed by atoms with van der Waals surface area (Å²) < 4.78 is 8.44. The van der Waals surface area contributed by atoms with Crippen LogP contribution in [0.4, 0.5) is 0 Å². The quantitative estimate of drug-likeness (QED) is 0.289. The van der Waals surface area contributed by atoms with E-state index in [1.54, 1.807) is 0 Å². The molecule has 17 heavy (non-hydrogen) atoms. The van der Waals surface area contributed by atoms with Crippen LogP contribution < -0.4 is 34.7 Å². The predicted octanol–water partition coefficient (Wildman–Crippen LogP) is -5.05. The van der Waals surface area contributed by atoms with Crippen LogP contribution in [-0.2, 0) is 61.4 Å². The maximum Gasteiger partial charge on any atom is 1.00 e. The molecule has 11 heteroatoms. The number of hydrogen-bond donors (Lipinski definition) is 1. The first-order valence-corrected chi connectivity index (χ1v) is 7.93. The van der Waals surface area contributed by atoms with Crippen molar-refractivity contribution in [3.63, 3.8) is 0 Å². The van der Waals surface area contributed by atoms with Gasteiger partial charge in [0.15, 0.2) is 0 Å². The summed E-state index contributed by atoms with van der Waals surface area (Å²) in [5.41, 5.74) is -2.65. The minimum atomic E-state index is -2.65. The number of carbonyl (C=O) groups is 3. The number of hydrogen-bond acceptors (Lipinski definition) is 7. The molecule has 0 aliphatic rings. The van der Waals surface area contributed by atoms with Crippen LogP contribution in [0.3, 0.4) is 0 Å². The average Bonchev–Trinajstić information content (AvgIpc) is 2.17. The molecule has 1 unspecified atom stereocenters. The van der Waals surface area contributed by atoms with Crippen molar-refractivity contribution < 1.29 is 101 Å². The molecule has 0 aromatic carbocycles. The number of aliphatic hydroxyl groups is 1. The van der Waals surface area contributed by atoms with Crippen LogP contribution in [0.15, 0.2) is 0 Å². The Morgan fingerprint density at radius 2 is 1.82 bits per heavy atom. The molecule has 0 saturated carbocycles. The third kappa shape index (κ3) is 8.02. The van der Waals surface area contributed by atoms with Gasteiger partial charge in [-0.2, -0.15) is 0 Å². The molecule has 0 aromatic rings. The van der Waals surface area contributed by atoms with Crippen LogP contribution >= 0.6 is 9.19 Å². The van der Waals surface area contributed by atoms with Gasteiger partial charge in [-0.25, -0.2) is 0 Å². The van der Waals surface area contributed by atoms with E-state index in [-0.39, 0.29) is 29.6 Å². The Bertz CT molecular complexity index is 302. The molecule has 0 aromatic heterocycles. The maximum atomic E-state index is 10.9. The monoisotopic (exact) mass is 641 g/mol. The second kappa shape index (κ2) is 9.99. The number of carbonyl (C=O) groups excluding carboxylic acids is 3. The molecule has 1 atom stereocenters. The normalized spacial score (nSPS) is 13.2. The number of halogens is 1. The van der Waals surface area contributed by atoms with Gasteiger partial charge in [-0.1, -0.05) is 0 Å². The maximum absolute atomic E-state index is 10.9. The van der Waals surface area contributed by atoms with Crippen molar-refractivity contribution in [3.05, 3.63) is 0 Å². The van der Waals surface area contributed by atoms with E-state index in [0.29, 0.717) is 0 Å². The molecule has 0 amide bonds. The van der Waals surface area contributed by atoms with E-state index in [4.69, 9.17) is 9.19 Å². The Kier molecular flexibility index (Phi) is 12.0. The third-order valence-electron chi connectivity index (χ3n) is 1.41. The van der Waals surface area contributed by atoms with Crippen LogP contribution in [0.2, 0.25) is 0 Å². The van der Waals surface area contributed by atoms with Gasteiger partial charge in [-0.05, 0) is 0 Å². The van der Waals surface area contributed by atoms with Crippen molar-refractivity contribution in [2.75, 3.05) is 0 Å². The molecule has 0 spiro atoms. The van der Waals surface area contributed by atoms with Crippen molar-refractivity contribution in [3.8, 4) is 0 Å². The SMILES string of the molecule is O=C(CC(O)(CC(=O)[O][Au][Cl])C(=O)[O-])[O][Au].[Na+]. The van der Waals surface area contributed by atoms with E-state index in [1.165, 1.54) is 21.5 Å². The Balaban J connectivity index is 0. The van der Waals surface area contributed by atoms with Crippen molar-refractivity contribution in [1.29, 1.82) is 0 Å². The number of aliphatic carboxylic acids is 1. The zero-order valence-corrected chi connectivity index (χ0v) is 15.4. The van der Waals surface area contributed by atoms with Gasteiger partial charge in [0.1, 0.15) is 0 Å². The van der Waals surface area contributed by atoms with Crippen molar-refractivity contribution in [1.82, 2.24) is 0 Å². The van der Waals surface area contributed by atoms with E-state index in [0.717, 1.165) is 0 Å². The summed E-state index contributed by atoms with van der Waals surface area (Å²) >= 11 is 0.144. The third-order valence-corrected chi connectivity index (χ3v) is 2.95. The molecule has 0 aliphatic carbocycles. The van der Waals surface area contributed by atoms with Gasteiger partial charge in [0.2, 0.25) is 0 Å². The van der Waals surface area contributed by atoms with E-state index in [9.17, 15) is 24.6 Å². The van der Waals surface area contributed by atoms with Crippen molar-refractivity contribution >= 4 is 27.1 Å². The van der Waals surface area contributed by atoms with Crippen LogP contribution in [0.1, 0.15) is 12.8 Å². The second-order valence-corrected chi connectivity index (χ2v) is 4.57. The van der Waals surface area contributed by atoms with E-state index in [1.807, 2.05) is 0 Å². The Morgan fingerprint density at radius 3 is 2.18 bits per heavy atom. The Morgan fingerprint density at radius 1 is 1.35 bits per heavy atom. The molecule has 7 nitrogen and oxygen atoms in total. The summed E-state index contributed by atoms with van der Waals surface area (Å²) in [5, 5.41) is 20.1. The first kappa shape index (κ1) is 20.5. The van der Waals surface area contributed by atoms with Gasteiger partial charge >= 0.3 is 147 Å². The first-order chi connectivity index (χ1) is 7.35. The van der Waals surface area contributed by atoms with Crippen LogP contribution in [0, 0.1) is 0 Å². The molecule has 101 valence electrons. The summed E-state index contributed by atoms with van der Waals surface area (Å²) in [4.78, 5) is 32.4. The summed E-state index contributed by atoms with van der Waals surface area (Å²) in [6, 6.07) is 0. The molecule has 0 aliphatic heterocycles. The largest absolute Gasteiger partial charge is 1.00 e. The molecular weight excluding hydrogens is 636 g/mol. The molecule has 0 rings (SSSR count). The molecule has 0 heterocycles. The van der Waals surface area contributed by atoms with E-state index < -0.39 is 55.4 Å². The van der Waals surface area contributed by atoms with Gasteiger partial charge in [-0.15, -0.1) is 0 Å². The standard InChI is InChI=1S/C6H8O7.2Au.ClH.Na/c7-3(8)1-6(13,5(11)12)2-4(9)10;;;;/h13H,1-2H2,(H,7,8)(H,9,10)(H,11,12);;;1H;/q;+1;+2;;+1/p-4. The summed E-state index contributed by atoms with van der Waals surface area (Å²) in [7, 11) is 5.15. The smallest absolute Gasteiger partial charge is 1.00 e. The van der Waals surface area contributed by atoms with Crippen LogP contribution in [-0.4, -0.2) is 28.6 Å². The topological polar surface area (TPSA) is 113 Å². The summed E-state index contributed by atoms with van der Waals surface area (Å²) in [6.45, 7) is 0. The van der Waals surface area contributed by atoms with E-state index >= 15 is 0 Å². The zero-order chi connectivity index (χ0) is 12.8. The minimum absolute atomic E-state index is 0. The minimum Gasteiger partial charge on any atom is 1.00 e. The number of rotatable bonds is 6. The van der Waals surface area contributed by atoms with Crippen molar-refractivity contribution in [2.45, 2.75) is 18.4 Å². The van der Waals surface area contributed by atoms with Gasteiger partial charge in [0.05, 0.1) is 0 Å².